The van der Waals surface area contributed by atoms with Gasteiger partial charge in [0.25, 0.3) is 0 Å². The van der Waals surface area contributed by atoms with Crippen LogP contribution >= 0.6 is 0 Å². The Hall–Kier alpha value is -7.03. The SMILES string of the molecule is CCOC(=O)CN(CC(=O)OCC)c1ccc(C)cc1OCCOc1cc(-c2cc3ccc(C(=O)OCc4ccccc4)cc3[nH]2)ccc1N(CC(=O)OCC)CC(=O)OCC. The number of nitrogens with one attached hydrogen (secondary N) is 1. The number of carbonyl (C=O) groups is 5. The van der Waals surface area contributed by atoms with Crippen molar-refractivity contribution in [1.29, 1.82) is 0 Å². The molecule has 0 bridgehead atoms. The van der Waals surface area contributed by atoms with E-state index in [1.54, 1.807) is 64.1 Å². The van der Waals surface area contributed by atoms with Crippen LogP contribution in [0.5, 0.6) is 11.5 Å². The van der Waals surface area contributed by atoms with E-state index in [-0.39, 0.29) is 72.4 Å². The van der Waals surface area contributed by atoms with E-state index < -0.39 is 29.8 Å². The van der Waals surface area contributed by atoms with Crippen LogP contribution in [0, 0.1) is 6.92 Å². The van der Waals surface area contributed by atoms with E-state index in [0.717, 1.165) is 16.5 Å². The molecular weight excluding hydrogens is 799 g/mol. The minimum Gasteiger partial charge on any atom is -0.488 e. The molecule has 5 aromatic rings. The summed E-state index contributed by atoms with van der Waals surface area (Å²) in [5, 5.41) is 0.847. The number of aromatic nitrogens is 1. The summed E-state index contributed by atoms with van der Waals surface area (Å²) in [7, 11) is 0. The smallest absolute Gasteiger partial charge is 0.338 e. The Morgan fingerprint density at radius 3 is 1.60 bits per heavy atom. The van der Waals surface area contributed by atoms with Gasteiger partial charge in [-0.25, -0.2) is 4.79 Å². The maximum atomic E-state index is 13.0. The fourth-order valence-corrected chi connectivity index (χ4v) is 6.48. The molecule has 0 unspecified atom stereocenters. The van der Waals surface area contributed by atoms with Crippen LogP contribution in [0.4, 0.5) is 11.4 Å². The Labute approximate surface area is 360 Å². The highest BCUT2D eigenvalue weighted by Crippen LogP contribution is 2.35. The van der Waals surface area contributed by atoms with Crippen LogP contribution in [0.15, 0.2) is 91.0 Å². The number of rotatable bonds is 23. The highest BCUT2D eigenvalue weighted by Gasteiger charge is 2.23. The molecule has 0 spiro atoms. The normalized spacial score (nSPS) is 10.7. The molecule has 1 aromatic heterocycles. The molecule has 0 aliphatic rings. The highest BCUT2D eigenvalue weighted by atomic mass is 16.6. The summed E-state index contributed by atoms with van der Waals surface area (Å²) in [6.45, 7) is 8.50. The van der Waals surface area contributed by atoms with Gasteiger partial charge in [-0.15, -0.1) is 0 Å². The Morgan fingerprint density at radius 1 is 0.548 bits per heavy atom. The zero-order valence-electron chi connectivity index (χ0n) is 35.7. The number of hydrogen-bond acceptors (Lipinski definition) is 14. The predicted molar refractivity (Wildman–Crippen MR) is 232 cm³/mol. The molecule has 328 valence electrons. The standard InChI is InChI=1S/C47H53N3O12/c1-6-56-43(51)27-49(28-44(52)57-7-2)39-19-15-32(5)23-41(39)60-21-22-61-42-26-35(18-20-40(42)50(29-45(53)58-8-3)30-46(54)59-9-4)37-24-34-16-17-36(25-38(34)48-37)47(55)62-31-33-13-11-10-12-14-33/h10-20,23-26,48H,6-9,21-22,27-31H2,1-5H3. The molecule has 0 aliphatic carbocycles. The predicted octanol–water partition coefficient (Wildman–Crippen LogP) is 6.82. The topological polar surface area (TPSA) is 172 Å². The maximum absolute atomic E-state index is 13.0. The summed E-state index contributed by atoms with van der Waals surface area (Å²) >= 11 is 0. The van der Waals surface area contributed by atoms with Crippen LogP contribution < -0.4 is 19.3 Å². The Kier molecular flexibility index (Phi) is 17.2. The molecular formula is C47H53N3O12. The highest BCUT2D eigenvalue weighted by molar-refractivity contribution is 5.96. The summed E-state index contributed by atoms with van der Waals surface area (Å²) in [5.74, 6) is -1.89. The maximum Gasteiger partial charge on any atom is 0.338 e. The van der Waals surface area contributed by atoms with E-state index in [4.69, 9.17) is 33.2 Å². The van der Waals surface area contributed by atoms with E-state index in [9.17, 15) is 24.0 Å². The zero-order chi connectivity index (χ0) is 44.4. The average molecular weight is 852 g/mol. The number of nitrogens with zero attached hydrogens (tertiary/aromatic N) is 2. The molecule has 1 N–H and O–H groups in total. The Balaban J connectivity index is 1.43. The molecule has 15 heteroatoms. The third kappa shape index (κ3) is 13.2. The first-order chi connectivity index (χ1) is 30.0. The lowest BCUT2D eigenvalue weighted by molar-refractivity contribution is -0.144. The van der Waals surface area contributed by atoms with Crippen molar-refractivity contribution in [3.05, 3.63) is 108 Å². The van der Waals surface area contributed by atoms with Gasteiger partial charge in [0.1, 0.15) is 57.5 Å². The van der Waals surface area contributed by atoms with Gasteiger partial charge >= 0.3 is 29.8 Å². The van der Waals surface area contributed by atoms with Gasteiger partial charge < -0.3 is 47.9 Å². The number of ether oxygens (including phenoxy) is 7. The number of anilines is 2. The van der Waals surface area contributed by atoms with Gasteiger partial charge in [-0.05, 0) is 88.2 Å². The van der Waals surface area contributed by atoms with Gasteiger partial charge in [-0.1, -0.05) is 48.5 Å². The van der Waals surface area contributed by atoms with Crippen LogP contribution in [-0.4, -0.2) is 101 Å². The van der Waals surface area contributed by atoms with Crippen LogP contribution in [0.1, 0.15) is 49.2 Å². The fraction of sp³-hybridized carbons (Fsp3) is 0.340. The van der Waals surface area contributed by atoms with E-state index >= 15 is 0 Å². The summed E-state index contributed by atoms with van der Waals surface area (Å²) in [6.07, 6.45) is 0. The molecule has 0 atom stereocenters. The van der Waals surface area contributed by atoms with Crippen LogP contribution in [-0.2, 0) is 49.5 Å². The third-order valence-electron chi connectivity index (χ3n) is 9.24. The Bertz CT molecular complexity index is 2270. The van der Waals surface area contributed by atoms with E-state index in [1.807, 2.05) is 61.5 Å². The molecule has 15 nitrogen and oxygen atoms in total. The summed E-state index contributed by atoms with van der Waals surface area (Å²) in [6, 6.07) is 27.4. The number of carbonyl (C=O) groups excluding carboxylic acids is 5. The van der Waals surface area contributed by atoms with Crippen molar-refractivity contribution in [3.8, 4) is 22.8 Å². The lowest BCUT2D eigenvalue weighted by atomic mass is 10.1. The van der Waals surface area contributed by atoms with Crippen LogP contribution in [0.25, 0.3) is 22.2 Å². The molecule has 4 aromatic carbocycles. The first-order valence-corrected chi connectivity index (χ1v) is 20.5. The molecule has 0 saturated carbocycles. The molecule has 62 heavy (non-hydrogen) atoms. The number of H-pyrrole nitrogens is 1. The zero-order valence-corrected chi connectivity index (χ0v) is 35.7. The number of aromatic amines is 1. The molecule has 0 fully saturated rings. The van der Waals surface area contributed by atoms with Crippen molar-refractivity contribution in [2.24, 2.45) is 0 Å². The van der Waals surface area contributed by atoms with Crippen LogP contribution in [0.3, 0.4) is 0 Å². The van der Waals surface area contributed by atoms with Gasteiger partial charge in [0, 0.05) is 22.2 Å². The summed E-state index contributed by atoms with van der Waals surface area (Å²) in [4.78, 5) is 70.2. The minimum absolute atomic E-state index is 0.00655. The van der Waals surface area contributed by atoms with Gasteiger partial charge in [0.2, 0.25) is 0 Å². The first-order valence-electron chi connectivity index (χ1n) is 20.5. The third-order valence-corrected chi connectivity index (χ3v) is 9.24. The molecule has 1 heterocycles. The van der Waals surface area contributed by atoms with Gasteiger partial charge in [0.15, 0.2) is 0 Å². The van der Waals surface area contributed by atoms with Crippen molar-refractivity contribution in [1.82, 2.24) is 4.98 Å². The number of esters is 5. The number of hydrogen-bond donors (Lipinski definition) is 1. The molecule has 0 amide bonds. The van der Waals surface area contributed by atoms with Crippen molar-refractivity contribution < 1.29 is 57.1 Å². The van der Waals surface area contributed by atoms with Crippen molar-refractivity contribution in [3.63, 3.8) is 0 Å². The van der Waals surface area contributed by atoms with Crippen molar-refractivity contribution in [2.75, 3.05) is 75.6 Å². The number of fused-ring (bicyclic) bond motifs is 1. The largest absolute Gasteiger partial charge is 0.488 e. The molecule has 0 radical (unpaired) electrons. The van der Waals surface area contributed by atoms with Crippen LogP contribution in [0.2, 0.25) is 0 Å². The van der Waals surface area contributed by atoms with Crippen molar-refractivity contribution >= 4 is 52.1 Å². The lowest BCUT2D eigenvalue weighted by Gasteiger charge is -2.26. The molecule has 0 aliphatic heterocycles. The number of benzene rings is 4. The summed E-state index contributed by atoms with van der Waals surface area (Å²) < 4.78 is 39.0. The average Bonchev–Trinajstić information content (AvgIpc) is 3.68. The minimum atomic E-state index is -0.550. The fourth-order valence-electron chi connectivity index (χ4n) is 6.48. The summed E-state index contributed by atoms with van der Waals surface area (Å²) in [5.41, 5.74) is 5.14. The monoisotopic (exact) mass is 851 g/mol. The second-order valence-corrected chi connectivity index (χ2v) is 13.8. The van der Waals surface area contributed by atoms with E-state index in [2.05, 4.69) is 4.98 Å². The van der Waals surface area contributed by atoms with Gasteiger partial charge in [-0.3, -0.25) is 19.2 Å². The quantitative estimate of drug-likeness (QED) is 0.0412. The second-order valence-electron chi connectivity index (χ2n) is 13.8. The van der Waals surface area contributed by atoms with Gasteiger partial charge in [-0.2, -0.15) is 0 Å². The molecule has 5 rings (SSSR count). The first kappa shape index (κ1) is 46.0. The van der Waals surface area contributed by atoms with Crippen molar-refractivity contribution in [2.45, 2.75) is 41.2 Å². The van der Waals surface area contributed by atoms with E-state index in [1.165, 1.54) is 9.80 Å². The second kappa shape index (κ2) is 23.1. The van der Waals surface area contributed by atoms with E-state index in [0.29, 0.717) is 45.2 Å². The molecule has 0 saturated heterocycles. The van der Waals surface area contributed by atoms with Gasteiger partial charge in [0.05, 0.1) is 43.4 Å². The Morgan fingerprint density at radius 2 is 1.06 bits per heavy atom. The number of aryl methyl sites for hydroxylation is 1. The lowest BCUT2D eigenvalue weighted by Crippen LogP contribution is -2.36.